The molecule has 6 heteroatoms. The minimum atomic E-state index is -0.502. The molecule has 0 spiro atoms. The lowest BCUT2D eigenvalue weighted by molar-refractivity contribution is -0.384. The molecule has 1 aromatic rings. The second kappa shape index (κ2) is 4.04. The van der Waals surface area contributed by atoms with Crippen LogP contribution < -0.4 is 5.73 Å². The third-order valence-corrected chi connectivity index (χ3v) is 2.98. The lowest BCUT2D eigenvalue weighted by Gasteiger charge is -2.02. The summed E-state index contributed by atoms with van der Waals surface area (Å²) >= 11 is 8.92. The van der Waals surface area contributed by atoms with E-state index in [2.05, 4.69) is 15.9 Å². The Balaban J connectivity index is 3.30. The van der Waals surface area contributed by atoms with Gasteiger partial charge in [0.15, 0.2) is 0 Å². The minimum Gasteiger partial charge on any atom is -0.326 e. The van der Waals surface area contributed by atoms with Gasteiger partial charge in [0.05, 0.1) is 9.95 Å². The molecule has 1 aromatic carbocycles. The number of nitro benzene ring substituents is 1. The maximum absolute atomic E-state index is 10.4. The molecular weight excluding hydrogens is 259 g/mol. The van der Waals surface area contributed by atoms with Crippen LogP contribution in [0.15, 0.2) is 16.6 Å². The number of non-ortho nitro benzene ring substituents is 1. The van der Waals surface area contributed by atoms with E-state index in [1.54, 1.807) is 0 Å². The van der Waals surface area contributed by atoms with Crippen LogP contribution in [0.2, 0.25) is 5.02 Å². The summed E-state index contributed by atoms with van der Waals surface area (Å²) in [6, 6.07) is 2.68. The van der Waals surface area contributed by atoms with Gasteiger partial charge in [-0.2, -0.15) is 0 Å². The first kappa shape index (κ1) is 10.4. The largest absolute Gasteiger partial charge is 0.326 e. The highest BCUT2D eigenvalue weighted by Gasteiger charge is 2.12. The van der Waals surface area contributed by atoms with E-state index in [-0.39, 0.29) is 12.2 Å². The molecule has 0 aliphatic carbocycles. The molecule has 0 aromatic heterocycles. The monoisotopic (exact) mass is 264 g/mol. The second-order valence-electron chi connectivity index (χ2n) is 2.36. The fourth-order valence-electron chi connectivity index (χ4n) is 0.884. The van der Waals surface area contributed by atoms with E-state index in [9.17, 15) is 10.1 Å². The normalized spacial score (nSPS) is 10.1. The maximum atomic E-state index is 10.4. The molecule has 1 rings (SSSR count). The average Bonchev–Trinajstić information content (AvgIpc) is 2.09. The van der Waals surface area contributed by atoms with Crippen LogP contribution in [-0.4, -0.2) is 4.92 Å². The predicted octanol–water partition coefficient (Wildman–Crippen LogP) is 2.47. The van der Waals surface area contributed by atoms with E-state index in [1.807, 2.05) is 0 Å². The zero-order valence-corrected chi connectivity index (χ0v) is 8.80. The van der Waals surface area contributed by atoms with Gasteiger partial charge in [0.25, 0.3) is 5.69 Å². The van der Waals surface area contributed by atoms with Gasteiger partial charge in [0.1, 0.15) is 0 Å². The first-order chi connectivity index (χ1) is 6.06. The molecule has 0 atom stereocenters. The van der Waals surface area contributed by atoms with Crippen LogP contribution in [0.4, 0.5) is 5.69 Å². The molecule has 0 bridgehead atoms. The van der Waals surface area contributed by atoms with Gasteiger partial charge in [0, 0.05) is 23.2 Å². The van der Waals surface area contributed by atoms with Crippen molar-refractivity contribution < 1.29 is 4.92 Å². The highest BCUT2D eigenvalue weighted by Crippen LogP contribution is 2.30. The van der Waals surface area contributed by atoms with Crippen molar-refractivity contribution in [3.8, 4) is 0 Å². The Morgan fingerprint density at radius 1 is 1.62 bits per heavy atom. The first-order valence-corrected chi connectivity index (χ1v) is 4.55. The Bertz CT molecular complexity index is 357. The van der Waals surface area contributed by atoms with E-state index in [1.165, 1.54) is 12.1 Å². The number of rotatable bonds is 2. The number of benzene rings is 1. The molecule has 0 heterocycles. The lowest BCUT2D eigenvalue weighted by Crippen LogP contribution is -1.99. The molecule has 0 aliphatic heterocycles. The summed E-state index contributed by atoms with van der Waals surface area (Å²) in [7, 11) is 0. The molecule has 0 amide bonds. The molecule has 0 fully saturated rings. The Hall–Kier alpha value is -0.650. The molecule has 0 radical (unpaired) electrons. The average molecular weight is 265 g/mol. The van der Waals surface area contributed by atoms with Crippen LogP contribution in [0.1, 0.15) is 5.56 Å². The van der Waals surface area contributed by atoms with E-state index in [0.29, 0.717) is 15.1 Å². The van der Waals surface area contributed by atoms with Crippen LogP contribution in [0.3, 0.4) is 0 Å². The number of nitrogens with two attached hydrogens (primary N) is 1. The standard InChI is InChI=1S/C7H6BrClN2O2/c8-7-4(3-10)1-5(11(12)13)2-6(7)9/h1-2H,3,10H2. The summed E-state index contributed by atoms with van der Waals surface area (Å²) in [5, 5.41) is 10.7. The summed E-state index contributed by atoms with van der Waals surface area (Å²) in [5.74, 6) is 0. The Labute approximate surface area is 88.0 Å². The molecule has 2 N–H and O–H groups in total. The molecule has 0 saturated heterocycles. The smallest absolute Gasteiger partial charge is 0.271 e. The fraction of sp³-hybridized carbons (Fsp3) is 0.143. The minimum absolute atomic E-state index is 0.0475. The van der Waals surface area contributed by atoms with Crippen LogP contribution >= 0.6 is 27.5 Å². The lowest BCUT2D eigenvalue weighted by atomic mass is 10.2. The Kier molecular flexibility index (Phi) is 3.24. The topological polar surface area (TPSA) is 69.2 Å². The molecule has 0 unspecified atom stereocenters. The third kappa shape index (κ3) is 2.18. The predicted molar refractivity (Wildman–Crippen MR) is 53.7 cm³/mol. The second-order valence-corrected chi connectivity index (χ2v) is 3.56. The van der Waals surface area contributed by atoms with Gasteiger partial charge in [-0.1, -0.05) is 11.6 Å². The van der Waals surface area contributed by atoms with E-state index < -0.39 is 4.92 Å². The SMILES string of the molecule is NCc1cc([N+](=O)[O-])cc(Cl)c1Br. The van der Waals surface area contributed by atoms with Crippen molar-refractivity contribution in [3.05, 3.63) is 37.3 Å². The van der Waals surface area contributed by atoms with Crippen molar-refractivity contribution in [3.63, 3.8) is 0 Å². The van der Waals surface area contributed by atoms with Crippen molar-refractivity contribution in [1.82, 2.24) is 0 Å². The van der Waals surface area contributed by atoms with E-state index >= 15 is 0 Å². The van der Waals surface area contributed by atoms with Crippen molar-refractivity contribution in [2.45, 2.75) is 6.54 Å². The number of nitrogens with zero attached hydrogens (tertiary/aromatic N) is 1. The Morgan fingerprint density at radius 3 is 2.69 bits per heavy atom. The molecule has 4 nitrogen and oxygen atoms in total. The van der Waals surface area contributed by atoms with E-state index in [4.69, 9.17) is 17.3 Å². The van der Waals surface area contributed by atoms with Gasteiger partial charge in [-0.15, -0.1) is 0 Å². The number of nitro groups is 1. The number of halogens is 2. The molecule has 0 aliphatic rings. The van der Waals surface area contributed by atoms with Gasteiger partial charge in [-0.25, -0.2) is 0 Å². The van der Waals surface area contributed by atoms with Crippen LogP contribution in [-0.2, 0) is 6.54 Å². The number of hydrogen-bond acceptors (Lipinski definition) is 3. The van der Waals surface area contributed by atoms with Gasteiger partial charge in [-0.05, 0) is 21.5 Å². The molecule has 70 valence electrons. The third-order valence-electron chi connectivity index (χ3n) is 1.52. The van der Waals surface area contributed by atoms with Crippen LogP contribution in [0.25, 0.3) is 0 Å². The van der Waals surface area contributed by atoms with E-state index in [0.717, 1.165) is 0 Å². The van der Waals surface area contributed by atoms with Crippen molar-refractivity contribution in [2.75, 3.05) is 0 Å². The summed E-state index contributed by atoms with van der Waals surface area (Å²) in [5.41, 5.74) is 5.95. The molecular formula is C7H6BrClN2O2. The zero-order valence-electron chi connectivity index (χ0n) is 6.46. The highest BCUT2D eigenvalue weighted by molar-refractivity contribution is 9.10. The summed E-state index contributed by atoms with van der Waals surface area (Å²) in [6.07, 6.45) is 0. The fourth-order valence-corrected chi connectivity index (χ4v) is 1.51. The van der Waals surface area contributed by atoms with Crippen LogP contribution in [0, 0.1) is 10.1 Å². The molecule has 13 heavy (non-hydrogen) atoms. The van der Waals surface area contributed by atoms with Crippen molar-refractivity contribution in [1.29, 1.82) is 0 Å². The summed E-state index contributed by atoms with van der Waals surface area (Å²) in [6.45, 7) is 0.210. The highest BCUT2D eigenvalue weighted by atomic mass is 79.9. The number of hydrogen-bond donors (Lipinski definition) is 1. The van der Waals surface area contributed by atoms with Gasteiger partial charge in [0.2, 0.25) is 0 Å². The van der Waals surface area contributed by atoms with Crippen molar-refractivity contribution >= 4 is 33.2 Å². The first-order valence-electron chi connectivity index (χ1n) is 3.38. The van der Waals surface area contributed by atoms with Gasteiger partial charge >= 0.3 is 0 Å². The summed E-state index contributed by atoms with van der Waals surface area (Å²) in [4.78, 5) is 9.92. The van der Waals surface area contributed by atoms with Crippen LogP contribution in [0.5, 0.6) is 0 Å². The maximum Gasteiger partial charge on any atom is 0.271 e. The van der Waals surface area contributed by atoms with Gasteiger partial charge < -0.3 is 5.73 Å². The quantitative estimate of drug-likeness (QED) is 0.659. The Morgan fingerprint density at radius 2 is 2.23 bits per heavy atom. The molecule has 0 saturated carbocycles. The zero-order chi connectivity index (χ0) is 10.0. The van der Waals surface area contributed by atoms with Crippen molar-refractivity contribution in [2.24, 2.45) is 5.73 Å². The van der Waals surface area contributed by atoms with Gasteiger partial charge in [-0.3, -0.25) is 10.1 Å². The summed E-state index contributed by atoms with van der Waals surface area (Å²) < 4.78 is 0.613.